The molecule has 0 unspecified atom stereocenters. The molecule has 41 heavy (non-hydrogen) atoms. The van der Waals surface area contributed by atoms with E-state index in [0.717, 1.165) is 28.4 Å². The normalized spacial score (nSPS) is 13.1. The molecule has 5 rings (SSSR count). The molecule has 0 bridgehead atoms. The van der Waals surface area contributed by atoms with Gasteiger partial charge in [-0.3, -0.25) is 9.59 Å². The molecule has 4 aromatic rings. The molecule has 3 aromatic carbocycles. The van der Waals surface area contributed by atoms with Crippen LogP contribution in [-0.4, -0.2) is 78.2 Å². The van der Waals surface area contributed by atoms with Crippen LogP contribution in [0.5, 0.6) is 5.75 Å². The van der Waals surface area contributed by atoms with Crippen LogP contribution in [0, 0.1) is 5.82 Å². The van der Waals surface area contributed by atoms with Crippen molar-refractivity contribution in [1.82, 2.24) is 20.0 Å². The minimum Gasteiger partial charge on any atom is -0.497 e. The fourth-order valence-corrected chi connectivity index (χ4v) is 4.82. The van der Waals surface area contributed by atoms with E-state index >= 15 is 0 Å². The average Bonchev–Trinajstić information content (AvgIpc) is 3.03. The van der Waals surface area contributed by atoms with Crippen molar-refractivity contribution >= 4 is 17.6 Å². The highest BCUT2D eigenvalue weighted by atomic mass is 19.1. The summed E-state index contributed by atoms with van der Waals surface area (Å²) in [7, 11) is 1.63. The molecule has 0 aliphatic carbocycles. The van der Waals surface area contributed by atoms with E-state index in [4.69, 9.17) is 4.74 Å². The predicted molar refractivity (Wildman–Crippen MR) is 155 cm³/mol. The summed E-state index contributed by atoms with van der Waals surface area (Å²) in [5.41, 5.74) is 2.72. The highest BCUT2D eigenvalue weighted by molar-refractivity contribution is 5.96. The molecule has 0 atom stereocenters. The number of aromatic nitrogens is 2. The molecule has 1 saturated heterocycles. The zero-order valence-electron chi connectivity index (χ0n) is 22.9. The van der Waals surface area contributed by atoms with Crippen molar-refractivity contribution in [2.24, 2.45) is 0 Å². The standard InChI is InChI=1S/C32H32FN5O3/c1-41-26-13-11-25(12-14-26)29-15-16-30(35-34-29)36-19-21-37(22-20-36)31(39)23-38(18-17-24-7-3-2-4-8-24)32(40)27-9-5-6-10-28(27)33/h2-16H,17-23H2,1H3. The number of rotatable bonds is 9. The van der Waals surface area contributed by atoms with Gasteiger partial charge >= 0.3 is 0 Å². The van der Waals surface area contributed by atoms with Gasteiger partial charge in [0.15, 0.2) is 5.82 Å². The summed E-state index contributed by atoms with van der Waals surface area (Å²) < 4.78 is 19.7. The lowest BCUT2D eigenvalue weighted by Crippen LogP contribution is -2.52. The Bertz CT molecular complexity index is 1460. The van der Waals surface area contributed by atoms with E-state index in [1.54, 1.807) is 24.1 Å². The fraction of sp³-hybridized carbons (Fsp3) is 0.250. The highest BCUT2D eigenvalue weighted by Crippen LogP contribution is 2.22. The number of hydrogen-bond acceptors (Lipinski definition) is 6. The molecule has 0 spiro atoms. The van der Waals surface area contributed by atoms with Crippen LogP contribution >= 0.6 is 0 Å². The lowest BCUT2D eigenvalue weighted by atomic mass is 10.1. The van der Waals surface area contributed by atoms with Crippen molar-refractivity contribution in [3.05, 3.63) is 108 Å². The Kier molecular flexibility index (Phi) is 8.83. The maximum atomic E-state index is 14.4. The summed E-state index contributed by atoms with van der Waals surface area (Å²) in [6.07, 6.45) is 0.563. The smallest absolute Gasteiger partial charge is 0.257 e. The minimum absolute atomic E-state index is 0.0326. The first-order chi connectivity index (χ1) is 20.0. The maximum Gasteiger partial charge on any atom is 0.257 e. The molecule has 8 nitrogen and oxygen atoms in total. The molecule has 1 aromatic heterocycles. The molecule has 1 aliphatic heterocycles. The fourth-order valence-electron chi connectivity index (χ4n) is 4.82. The lowest BCUT2D eigenvalue weighted by molar-refractivity contribution is -0.132. The number of anilines is 1. The predicted octanol–water partition coefficient (Wildman–Crippen LogP) is 4.33. The summed E-state index contributed by atoms with van der Waals surface area (Å²) in [6, 6.07) is 27.1. The van der Waals surface area contributed by atoms with Gasteiger partial charge in [-0.25, -0.2) is 4.39 Å². The maximum absolute atomic E-state index is 14.4. The summed E-state index contributed by atoms with van der Waals surface area (Å²) in [6.45, 7) is 2.35. The van der Waals surface area contributed by atoms with Gasteiger partial charge in [0.05, 0.1) is 18.4 Å². The summed E-state index contributed by atoms with van der Waals surface area (Å²) in [5, 5.41) is 8.80. The van der Waals surface area contributed by atoms with Crippen molar-refractivity contribution in [2.45, 2.75) is 6.42 Å². The number of methoxy groups -OCH3 is 1. The molecule has 210 valence electrons. The van der Waals surface area contributed by atoms with Gasteiger partial charge in [0, 0.05) is 38.3 Å². The van der Waals surface area contributed by atoms with Gasteiger partial charge in [-0.15, -0.1) is 10.2 Å². The van der Waals surface area contributed by atoms with Gasteiger partial charge in [0.2, 0.25) is 5.91 Å². The second kappa shape index (κ2) is 13.0. The summed E-state index contributed by atoms with van der Waals surface area (Å²) >= 11 is 0. The Morgan fingerprint density at radius 2 is 1.56 bits per heavy atom. The van der Waals surface area contributed by atoms with Crippen LogP contribution in [-0.2, 0) is 11.2 Å². The van der Waals surface area contributed by atoms with E-state index in [9.17, 15) is 14.0 Å². The molecule has 0 radical (unpaired) electrons. The van der Waals surface area contributed by atoms with Crippen LogP contribution in [0.4, 0.5) is 10.2 Å². The van der Waals surface area contributed by atoms with Gasteiger partial charge in [-0.2, -0.15) is 0 Å². The third kappa shape index (κ3) is 6.87. The van der Waals surface area contributed by atoms with Gasteiger partial charge in [-0.1, -0.05) is 42.5 Å². The number of halogens is 1. The van der Waals surface area contributed by atoms with E-state index in [2.05, 4.69) is 15.1 Å². The Morgan fingerprint density at radius 3 is 2.22 bits per heavy atom. The Balaban J connectivity index is 1.20. The van der Waals surface area contributed by atoms with Gasteiger partial charge in [-0.05, 0) is 60.5 Å². The zero-order valence-corrected chi connectivity index (χ0v) is 22.9. The van der Waals surface area contributed by atoms with Crippen molar-refractivity contribution < 1.29 is 18.7 Å². The molecule has 0 saturated carbocycles. The first-order valence-corrected chi connectivity index (χ1v) is 13.6. The largest absolute Gasteiger partial charge is 0.497 e. The molecule has 0 N–H and O–H groups in total. The van der Waals surface area contributed by atoms with E-state index < -0.39 is 11.7 Å². The zero-order chi connectivity index (χ0) is 28.6. The molecular formula is C32H32FN5O3. The van der Waals surface area contributed by atoms with Gasteiger partial charge < -0.3 is 19.4 Å². The lowest BCUT2D eigenvalue weighted by Gasteiger charge is -2.36. The third-order valence-electron chi connectivity index (χ3n) is 7.22. The van der Waals surface area contributed by atoms with Crippen LogP contribution in [0.2, 0.25) is 0 Å². The minimum atomic E-state index is -0.595. The first-order valence-electron chi connectivity index (χ1n) is 13.6. The van der Waals surface area contributed by atoms with Gasteiger partial charge in [0.25, 0.3) is 5.91 Å². The van der Waals surface area contributed by atoms with Crippen LogP contribution in [0.1, 0.15) is 15.9 Å². The molecule has 1 fully saturated rings. The number of nitrogens with zero attached hydrogens (tertiary/aromatic N) is 5. The summed E-state index contributed by atoms with van der Waals surface area (Å²) in [4.78, 5) is 31.9. The number of ether oxygens (including phenoxy) is 1. The van der Waals surface area contributed by atoms with Crippen LogP contribution in [0.3, 0.4) is 0 Å². The number of carbonyl (C=O) groups excluding carboxylic acids is 2. The van der Waals surface area contributed by atoms with E-state index in [1.807, 2.05) is 66.7 Å². The van der Waals surface area contributed by atoms with Crippen molar-refractivity contribution in [3.63, 3.8) is 0 Å². The number of carbonyl (C=O) groups is 2. The van der Waals surface area contributed by atoms with Crippen molar-refractivity contribution in [2.75, 3.05) is 51.3 Å². The monoisotopic (exact) mass is 553 g/mol. The molecule has 1 aliphatic rings. The second-order valence-electron chi connectivity index (χ2n) is 9.82. The van der Waals surface area contributed by atoms with E-state index in [1.165, 1.54) is 17.0 Å². The topological polar surface area (TPSA) is 78.9 Å². The Hall–Kier alpha value is -4.79. The van der Waals surface area contributed by atoms with Crippen molar-refractivity contribution in [1.29, 1.82) is 0 Å². The molecule has 9 heteroatoms. The first kappa shape index (κ1) is 27.8. The van der Waals surface area contributed by atoms with Crippen LogP contribution in [0.25, 0.3) is 11.3 Å². The highest BCUT2D eigenvalue weighted by Gasteiger charge is 2.27. The molecule has 2 heterocycles. The molecule has 2 amide bonds. The van der Waals surface area contributed by atoms with E-state index in [-0.39, 0.29) is 18.0 Å². The van der Waals surface area contributed by atoms with Crippen LogP contribution in [0.15, 0.2) is 91.0 Å². The average molecular weight is 554 g/mol. The SMILES string of the molecule is COc1ccc(-c2ccc(N3CCN(C(=O)CN(CCc4ccccc4)C(=O)c4ccccc4F)CC3)nn2)cc1. The number of amides is 2. The Morgan fingerprint density at radius 1 is 0.854 bits per heavy atom. The second-order valence-corrected chi connectivity index (χ2v) is 9.82. The van der Waals surface area contributed by atoms with E-state index in [0.29, 0.717) is 39.1 Å². The van der Waals surface area contributed by atoms with Gasteiger partial charge in [0.1, 0.15) is 18.1 Å². The van der Waals surface area contributed by atoms with Crippen LogP contribution < -0.4 is 9.64 Å². The number of benzene rings is 3. The third-order valence-corrected chi connectivity index (χ3v) is 7.22. The number of piperazine rings is 1. The number of hydrogen-bond donors (Lipinski definition) is 0. The Labute approximate surface area is 239 Å². The quantitative estimate of drug-likeness (QED) is 0.307. The summed E-state index contributed by atoms with van der Waals surface area (Å²) in [5.74, 6) is 0.277. The molecular weight excluding hydrogens is 521 g/mol. The van der Waals surface area contributed by atoms with Crippen molar-refractivity contribution in [3.8, 4) is 17.0 Å².